The Bertz CT molecular complexity index is 1330. The summed E-state index contributed by atoms with van der Waals surface area (Å²) in [6, 6.07) is 28.7. The molecule has 0 radical (unpaired) electrons. The summed E-state index contributed by atoms with van der Waals surface area (Å²) in [5.74, 6) is -0.260. The Morgan fingerprint density at radius 2 is 1.38 bits per heavy atom. The van der Waals surface area contributed by atoms with Crippen LogP contribution in [0.25, 0.3) is 0 Å². The largest absolute Gasteiger partial charge is 0.467 e. The molecule has 0 unspecified atom stereocenters. The van der Waals surface area contributed by atoms with E-state index in [9.17, 15) is 18.0 Å². The number of ketones is 1. The molecular formula is C29H24BF3N2O2. The van der Waals surface area contributed by atoms with Crippen molar-refractivity contribution in [3.05, 3.63) is 132 Å². The molecule has 1 aromatic heterocycles. The van der Waals surface area contributed by atoms with Crippen molar-refractivity contribution in [1.29, 1.82) is 0 Å². The molecule has 0 saturated heterocycles. The zero-order chi connectivity index (χ0) is 26.3. The highest BCUT2D eigenvalue weighted by Gasteiger charge is 2.42. The fourth-order valence-electron chi connectivity index (χ4n) is 3.93. The van der Waals surface area contributed by atoms with Gasteiger partial charge in [-0.05, 0) is 30.0 Å². The number of hydrogen-bond donors (Lipinski definition) is 1. The van der Waals surface area contributed by atoms with Crippen molar-refractivity contribution < 1.29 is 22.4 Å². The number of carbonyl (C=O) groups is 1. The monoisotopic (exact) mass is 500 g/mol. The summed E-state index contributed by atoms with van der Waals surface area (Å²) in [6.07, 6.45) is -3.44. The van der Waals surface area contributed by atoms with Crippen LogP contribution >= 0.6 is 0 Å². The van der Waals surface area contributed by atoms with Gasteiger partial charge >= 0.3 is 13.0 Å². The maximum atomic E-state index is 14.7. The molecule has 0 aliphatic carbocycles. The van der Waals surface area contributed by atoms with Crippen LogP contribution in [0.15, 0.2) is 130 Å². The third kappa shape index (κ3) is 6.47. The van der Waals surface area contributed by atoms with Crippen LogP contribution in [-0.4, -0.2) is 24.5 Å². The van der Waals surface area contributed by atoms with Crippen molar-refractivity contribution in [3.63, 3.8) is 0 Å². The predicted molar refractivity (Wildman–Crippen MR) is 140 cm³/mol. The third-order valence-corrected chi connectivity index (χ3v) is 5.74. The molecule has 1 heterocycles. The van der Waals surface area contributed by atoms with Gasteiger partial charge in [-0.1, -0.05) is 91.0 Å². The topological polar surface area (TPSA) is 54.6 Å². The van der Waals surface area contributed by atoms with Crippen molar-refractivity contribution in [2.75, 3.05) is 0 Å². The second-order valence-electron chi connectivity index (χ2n) is 8.33. The summed E-state index contributed by atoms with van der Waals surface area (Å²) in [6.45, 7) is 0.576. The van der Waals surface area contributed by atoms with E-state index >= 15 is 0 Å². The van der Waals surface area contributed by atoms with Gasteiger partial charge in [0, 0.05) is 11.3 Å². The Balaban J connectivity index is 1.90. The molecule has 4 rings (SSSR count). The maximum Gasteiger partial charge on any atom is 0.432 e. The van der Waals surface area contributed by atoms with E-state index in [0.29, 0.717) is 16.7 Å². The van der Waals surface area contributed by atoms with E-state index in [1.54, 1.807) is 91.0 Å². The number of furan rings is 1. The van der Waals surface area contributed by atoms with Crippen LogP contribution in [0.5, 0.6) is 0 Å². The summed E-state index contributed by atoms with van der Waals surface area (Å²) in [7, 11) is 0. The zero-order valence-corrected chi connectivity index (χ0v) is 20.1. The lowest BCUT2D eigenvalue weighted by atomic mass is 9.51. The molecule has 0 atom stereocenters. The number of nitrogens with zero attached hydrogens (tertiary/aromatic N) is 1. The number of hydrogen-bond acceptors (Lipinski definition) is 4. The van der Waals surface area contributed by atoms with Crippen molar-refractivity contribution in [2.24, 2.45) is 4.90 Å². The molecule has 0 aliphatic rings. The third-order valence-electron chi connectivity index (χ3n) is 5.74. The first kappa shape index (κ1) is 25.8. The van der Waals surface area contributed by atoms with Gasteiger partial charge < -0.3 is 14.6 Å². The van der Waals surface area contributed by atoms with Crippen LogP contribution in [0.2, 0.25) is 0 Å². The Hall–Kier alpha value is -4.33. The summed E-state index contributed by atoms with van der Waals surface area (Å²) in [4.78, 5) is 17.8. The number of allylic oxidation sites excluding steroid dienone is 2. The number of rotatable bonds is 9. The number of halogens is 3. The Morgan fingerprint density at radius 1 is 0.838 bits per heavy atom. The lowest BCUT2D eigenvalue weighted by molar-refractivity contribution is -0.0581. The van der Waals surface area contributed by atoms with E-state index < -0.39 is 30.1 Å². The average Bonchev–Trinajstić information content (AvgIpc) is 3.44. The number of Topliss-reactive ketones (excluding diaryl/α,β-unsaturated/α-hetero) is 1. The van der Waals surface area contributed by atoms with E-state index in [2.05, 4.69) is 10.2 Å². The molecule has 37 heavy (non-hydrogen) atoms. The van der Waals surface area contributed by atoms with Gasteiger partial charge in [-0.2, -0.15) is 13.2 Å². The second kappa shape index (κ2) is 11.6. The van der Waals surface area contributed by atoms with Gasteiger partial charge in [-0.3, -0.25) is 4.79 Å². The van der Waals surface area contributed by atoms with Crippen molar-refractivity contribution >= 4 is 29.3 Å². The fraction of sp³-hybridized carbons (Fsp3) is 0.103. The molecule has 0 bridgehead atoms. The highest BCUT2D eigenvalue weighted by atomic mass is 19.4. The quantitative estimate of drug-likeness (QED) is 0.146. The lowest BCUT2D eigenvalue weighted by Gasteiger charge is -2.20. The Labute approximate surface area is 213 Å². The molecular weight excluding hydrogens is 476 g/mol. The Kier molecular flexibility index (Phi) is 8.08. The van der Waals surface area contributed by atoms with Gasteiger partial charge in [0.25, 0.3) is 0 Å². The minimum absolute atomic E-state index is 0.0428. The van der Waals surface area contributed by atoms with E-state index in [0.717, 1.165) is 0 Å². The summed E-state index contributed by atoms with van der Waals surface area (Å²) in [5.41, 5.74) is -0.470. The van der Waals surface area contributed by atoms with Gasteiger partial charge in [-0.15, -0.1) is 0 Å². The van der Waals surface area contributed by atoms with Crippen LogP contribution in [-0.2, 0) is 6.54 Å². The fourth-order valence-corrected chi connectivity index (χ4v) is 3.93. The first-order valence-electron chi connectivity index (χ1n) is 11.7. The van der Waals surface area contributed by atoms with Gasteiger partial charge in [0.1, 0.15) is 11.5 Å². The molecule has 0 saturated carbocycles. The zero-order valence-electron chi connectivity index (χ0n) is 20.1. The van der Waals surface area contributed by atoms with Crippen LogP contribution in [0, 0.1) is 0 Å². The molecule has 0 spiro atoms. The molecule has 3 aromatic carbocycles. The van der Waals surface area contributed by atoms with E-state index in [-0.39, 0.29) is 17.8 Å². The van der Waals surface area contributed by atoms with Crippen molar-refractivity contribution in [1.82, 2.24) is 5.32 Å². The highest BCUT2D eigenvalue weighted by Crippen LogP contribution is 2.27. The standard InChI is InChI=1S/C29H24BF3N2O2/c1-21(34-20-25-18-11-19-37-25)26(27(36)22-12-5-2-6-13-22)28(29(31,32)33)35-30(23-14-7-3-8-15-23)24-16-9-4-10-17-24/h2-19,34H,20H2,1H3/b26-21+,35-28+. The maximum absolute atomic E-state index is 14.7. The molecule has 4 nitrogen and oxygen atoms in total. The van der Waals surface area contributed by atoms with Crippen molar-refractivity contribution in [3.8, 4) is 0 Å². The second-order valence-corrected chi connectivity index (χ2v) is 8.33. The first-order valence-corrected chi connectivity index (χ1v) is 11.7. The minimum Gasteiger partial charge on any atom is -0.467 e. The summed E-state index contributed by atoms with van der Waals surface area (Å²) < 4.78 is 49.5. The average molecular weight is 500 g/mol. The molecule has 4 aromatic rings. The minimum atomic E-state index is -4.91. The van der Waals surface area contributed by atoms with Gasteiger partial charge in [0.2, 0.25) is 0 Å². The molecule has 186 valence electrons. The SMILES string of the molecule is C/C(NCc1ccco1)=C(C(=O)c1ccccc1)\C(=N/B(c1ccccc1)c1ccccc1)C(F)(F)F. The van der Waals surface area contributed by atoms with Gasteiger partial charge in [0.05, 0.1) is 18.4 Å². The molecule has 1 N–H and O–H groups in total. The summed E-state index contributed by atoms with van der Waals surface area (Å²) in [5, 5.41) is 2.93. The van der Waals surface area contributed by atoms with Crippen LogP contribution in [0.4, 0.5) is 13.2 Å². The van der Waals surface area contributed by atoms with Gasteiger partial charge in [-0.25, -0.2) is 0 Å². The van der Waals surface area contributed by atoms with E-state index in [4.69, 9.17) is 4.42 Å². The van der Waals surface area contributed by atoms with E-state index in [1.807, 2.05) is 0 Å². The number of carbonyl (C=O) groups excluding carboxylic acids is 1. The smallest absolute Gasteiger partial charge is 0.432 e. The first-order chi connectivity index (χ1) is 17.8. The molecule has 0 fully saturated rings. The normalized spacial score (nSPS) is 12.6. The lowest BCUT2D eigenvalue weighted by Crippen LogP contribution is -2.44. The highest BCUT2D eigenvalue weighted by molar-refractivity contribution is 6.84. The predicted octanol–water partition coefficient (Wildman–Crippen LogP) is 5.34. The van der Waals surface area contributed by atoms with E-state index in [1.165, 1.54) is 25.3 Å². The Morgan fingerprint density at radius 3 is 1.86 bits per heavy atom. The van der Waals surface area contributed by atoms with Crippen LogP contribution in [0.3, 0.4) is 0 Å². The molecule has 0 amide bonds. The number of alkyl halides is 3. The summed E-state index contributed by atoms with van der Waals surface area (Å²) >= 11 is 0. The number of nitrogens with one attached hydrogen (secondary N) is 1. The molecule has 8 heteroatoms. The number of benzene rings is 3. The van der Waals surface area contributed by atoms with Crippen LogP contribution < -0.4 is 16.2 Å². The van der Waals surface area contributed by atoms with Crippen LogP contribution in [0.1, 0.15) is 23.0 Å². The molecule has 0 aliphatic heterocycles. The van der Waals surface area contributed by atoms with Gasteiger partial charge in [0.15, 0.2) is 5.78 Å². The van der Waals surface area contributed by atoms with Crippen molar-refractivity contribution in [2.45, 2.75) is 19.6 Å².